The molecule has 0 radical (unpaired) electrons. The molecule has 254 valence electrons. The Labute approximate surface area is 278 Å². The average molecular weight is 659 g/mol. The second-order valence-corrected chi connectivity index (χ2v) is 14.1. The summed E-state index contributed by atoms with van der Waals surface area (Å²) in [5.74, 6) is -1.07. The number of carboxylic acid groups (broad SMARTS) is 1. The summed E-state index contributed by atoms with van der Waals surface area (Å²) < 4.78 is 0. The third kappa shape index (κ3) is 6.99. The number of aliphatic carboxylic acids is 1. The van der Waals surface area contributed by atoms with Crippen molar-refractivity contribution in [3.05, 3.63) is 60.2 Å². The van der Waals surface area contributed by atoms with Crippen molar-refractivity contribution >= 4 is 47.1 Å². The molecule has 1 aliphatic heterocycles. The number of imide groups is 1. The highest BCUT2D eigenvalue weighted by molar-refractivity contribution is 6.08. The Hall–Kier alpha value is -4.94. The highest BCUT2D eigenvalue weighted by atomic mass is 16.4. The van der Waals surface area contributed by atoms with E-state index >= 15 is 0 Å². The first-order chi connectivity index (χ1) is 22.9. The second kappa shape index (κ2) is 13.3. The highest BCUT2D eigenvalue weighted by Crippen LogP contribution is 2.53. The summed E-state index contributed by atoms with van der Waals surface area (Å²) in [6.45, 7) is 2.57. The predicted octanol–water partition coefficient (Wildman–Crippen LogP) is 3.77. The lowest BCUT2D eigenvalue weighted by atomic mass is 9.54. The number of rotatable bonds is 11. The molecule has 0 spiro atoms. The Morgan fingerprint density at radius 1 is 0.854 bits per heavy atom. The van der Waals surface area contributed by atoms with Gasteiger partial charge in [-0.15, -0.1) is 0 Å². The molecule has 7 amide bonds. The van der Waals surface area contributed by atoms with Crippen molar-refractivity contribution in [2.24, 2.45) is 23.7 Å². The number of hydrogen-bond donors (Lipinski definition) is 5. The fourth-order valence-corrected chi connectivity index (χ4v) is 8.21. The smallest absolute Gasteiger partial charge is 0.328 e. The van der Waals surface area contributed by atoms with Gasteiger partial charge >= 0.3 is 18.0 Å². The van der Waals surface area contributed by atoms with Gasteiger partial charge in [-0.2, -0.15) is 0 Å². The largest absolute Gasteiger partial charge is 0.481 e. The second-order valence-electron chi connectivity index (χ2n) is 14.1. The number of anilines is 2. The topological polar surface area (TPSA) is 177 Å². The van der Waals surface area contributed by atoms with Crippen LogP contribution in [0.15, 0.2) is 54.6 Å². The van der Waals surface area contributed by atoms with E-state index in [0.717, 1.165) is 30.6 Å². The molecule has 5 N–H and O–H groups in total. The van der Waals surface area contributed by atoms with E-state index in [-0.39, 0.29) is 12.6 Å². The first kappa shape index (κ1) is 33.0. The lowest BCUT2D eigenvalue weighted by molar-refractivity contribution is -0.142. The molecule has 2 aromatic carbocycles. The summed E-state index contributed by atoms with van der Waals surface area (Å²) >= 11 is 0. The maximum atomic E-state index is 13.5. The van der Waals surface area contributed by atoms with Crippen LogP contribution in [0.4, 0.5) is 21.0 Å². The lowest BCUT2D eigenvalue weighted by Gasteiger charge is -2.54. The number of amides is 7. The summed E-state index contributed by atoms with van der Waals surface area (Å²) in [5.41, 5.74) is 0.577. The molecule has 2 aromatic rings. The summed E-state index contributed by atoms with van der Waals surface area (Å²) in [7, 11) is 0. The van der Waals surface area contributed by atoms with Crippen LogP contribution in [-0.4, -0.2) is 74.8 Å². The van der Waals surface area contributed by atoms with E-state index in [1.807, 2.05) is 18.2 Å². The number of nitrogens with zero attached hydrogens (tertiary/aromatic N) is 2. The Balaban J connectivity index is 1.05. The molecule has 7 rings (SSSR count). The van der Waals surface area contributed by atoms with E-state index in [1.54, 1.807) is 50.2 Å². The van der Waals surface area contributed by atoms with E-state index in [2.05, 4.69) is 21.3 Å². The lowest BCUT2D eigenvalue weighted by Crippen LogP contribution is -2.59. The molecular formula is C35H42N6O7. The number of para-hydroxylation sites is 1. The number of urea groups is 2. The molecule has 48 heavy (non-hydrogen) atoms. The molecule has 4 saturated carbocycles. The van der Waals surface area contributed by atoms with E-state index < -0.39 is 60.3 Å². The average Bonchev–Trinajstić information content (AvgIpc) is 3.18. The maximum Gasteiger partial charge on any atom is 0.328 e. The van der Waals surface area contributed by atoms with Gasteiger partial charge in [0, 0.05) is 24.0 Å². The van der Waals surface area contributed by atoms with Gasteiger partial charge in [-0.1, -0.05) is 30.3 Å². The SMILES string of the molecule is CC1(C)C(=O)N(CC(=O)N[C@@H](CC(=O)O)C(=O)NC2C3CC4CC(C3)CC2C4)C(=O)N1Cc1ccc(NC(=O)Nc2ccccc2)cc1. The molecule has 5 aliphatic rings. The van der Waals surface area contributed by atoms with Crippen LogP contribution in [-0.2, 0) is 25.7 Å². The number of nitrogens with one attached hydrogen (secondary N) is 4. The van der Waals surface area contributed by atoms with Crippen LogP contribution < -0.4 is 21.3 Å². The van der Waals surface area contributed by atoms with Crippen molar-refractivity contribution in [1.29, 1.82) is 0 Å². The molecule has 0 aromatic heterocycles. The first-order valence-corrected chi connectivity index (χ1v) is 16.5. The normalized spacial score (nSPS) is 25.8. The summed E-state index contributed by atoms with van der Waals surface area (Å²) in [6.07, 6.45) is 4.88. The van der Waals surface area contributed by atoms with Crippen molar-refractivity contribution < 1.29 is 33.9 Å². The number of benzene rings is 2. The monoisotopic (exact) mass is 658 g/mol. The fraction of sp³-hybridized carbons (Fsp3) is 0.486. The standard InChI is InChI=1S/C35H42N6O7/c1-35(2)32(46)40(34(48)41(35)18-20-8-10-26(11-9-20)37-33(47)36-25-6-4-3-5-7-25)19-28(42)38-27(17-29(43)44)31(45)39-30-23-13-21-12-22(15-23)16-24(30)14-21/h3-11,21-24,27,30H,12-19H2,1-2H3,(H,38,42)(H,39,45)(H,43,44)(H2,36,37,47)/t21?,22?,23?,24?,27-,30?/m0/s1. The Morgan fingerprint density at radius 3 is 2.02 bits per heavy atom. The van der Waals surface area contributed by atoms with Crippen molar-refractivity contribution in [3.8, 4) is 0 Å². The minimum Gasteiger partial charge on any atom is -0.481 e. The van der Waals surface area contributed by atoms with Crippen molar-refractivity contribution in [2.75, 3.05) is 17.2 Å². The summed E-state index contributed by atoms with van der Waals surface area (Å²) in [4.78, 5) is 79.5. The Bertz CT molecular complexity index is 1570. The maximum absolute atomic E-state index is 13.5. The molecule has 1 saturated heterocycles. The molecule has 13 nitrogen and oxygen atoms in total. The zero-order chi connectivity index (χ0) is 34.2. The fourth-order valence-electron chi connectivity index (χ4n) is 8.21. The number of carbonyl (C=O) groups excluding carboxylic acids is 5. The molecule has 5 fully saturated rings. The van der Waals surface area contributed by atoms with Crippen LogP contribution >= 0.6 is 0 Å². The minimum atomic E-state index is -1.34. The third-order valence-electron chi connectivity index (χ3n) is 10.4. The molecule has 4 bridgehead atoms. The van der Waals surface area contributed by atoms with Crippen LogP contribution in [0.25, 0.3) is 0 Å². The number of hydrogen-bond acceptors (Lipinski definition) is 6. The zero-order valence-corrected chi connectivity index (χ0v) is 27.1. The van der Waals surface area contributed by atoms with Crippen LogP contribution in [0.5, 0.6) is 0 Å². The predicted molar refractivity (Wildman–Crippen MR) is 175 cm³/mol. The molecule has 4 aliphatic carbocycles. The van der Waals surface area contributed by atoms with E-state index in [9.17, 15) is 33.9 Å². The highest BCUT2D eigenvalue weighted by Gasteiger charge is 2.52. The van der Waals surface area contributed by atoms with Crippen LogP contribution in [0, 0.1) is 23.7 Å². The molecule has 1 heterocycles. The van der Waals surface area contributed by atoms with Crippen molar-refractivity contribution in [2.45, 2.75) is 76.5 Å². The quantitative estimate of drug-likeness (QED) is 0.228. The molecule has 0 unspecified atom stereocenters. The first-order valence-electron chi connectivity index (χ1n) is 16.5. The zero-order valence-electron chi connectivity index (χ0n) is 27.1. The van der Waals surface area contributed by atoms with Gasteiger partial charge in [0.15, 0.2) is 0 Å². The van der Waals surface area contributed by atoms with E-state index in [1.165, 1.54) is 11.3 Å². The minimum absolute atomic E-state index is 0.0362. The Morgan fingerprint density at radius 2 is 1.44 bits per heavy atom. The van der Waals surface area contributed by atoms with E-state index in [4.69, 9.17) is 0 Å². The number of carbonyl (C=O) groups is 6. The molecule has 1 atom stereocenters. The van der Waals surface area contributed by atoms with Gasteiger partial charge in [-0.25, -0.2) is 9.59 Å². The van der Waals surface area contributed by atoms with Gasteiger partial charge in [-0.05, 0) is 99.5 Å². The summed E-state index contributed by atoms with van der Waals surface area (Å²) in [6, 6.07) is 13.3. The van der Waals surface area contributed by atoms with Gasteiger partial charge in [-0.3, -0.25) is 24.1 Å². The van der Waals surface area contributed by atoms with E-state index in [0.29, 0.717) is 40.6 Å². The van der Waals surface area contributed by atoms with Crippen molar-refractivity contribution in [3.63, 3.8) is 0 Å². The molecule has 13 heteroatoms. The third-order valence-corrected chi connectivity index (χ3v) is 10.4. The van der Waals surface area contributed by atoms with Gasteiger partial charge in [0.1, 0.15) is 18.1 Å². The van der Waals surface area contributed by atoms with Gasteiger partial charge in [0.25, 0.3) is 5.91 Å². The van der Waals surface area contributed by atoms with Crippen LogP contribution in [0.3, 0.4) is 0 Å². The van der Waals surface area contributed by atoms with Gasteiger partial charge < -0.3 is 31.3 Å². The Kier molecular flexibility index (Phi) is 9.13. The van der Waals surface area contributed by atoms with Crippen LogP contribution in [0.1, 0.15) is 57.9 Å². The summed E-state index contributed by atoms with van der Waals surface area (Å²) in [5, 5.41) is 20.5. The van der Waals surface area contributed by atoms with Crippen LogP contribution in [0.2, 0.25) is 0 Å². The number of carboxylic acids is 1. The van der Waals surface area contributed by atoms with Gasteiger partial charge in [0.05, 0.1) is 6.42 Å². The van der Waals surface area contributed by atoms with Gasteiger partial charge in [0.2, 0.25) is 11.8 Å². The van der Waals surface area contributed by atoms with Crippen molar-refractivity contribution in [1.82, 2.24) is 20.4 Å². The molecular weight excluding hydrogens is 616 g/mol.